The molecule has 0 aliphatic carbocycles. The number of carbonyl (C=O) groups is 2. The fourth-order valence-electron chi connectivity index (χ4n) is 2.67. The summed E-state index contributed by atoms with van der Waals surface area (Å²) >= 11 is 0. The minimum absolute atomic E-state index is 0.0628. The zero-order valence-electron chi connectivity index (χ0n) is 13.7. The van der Waals surface area contributed by atoms with Gasteiger partial charge in [0, 0.05) is 0 Å². The van der Waals surface area contributed by atoms with Gasteiger partial charge in [0.1, 0.15) is 11.7 Å². The van der Waals surface area contributed by atoms with Crippen LogP contribution >= 0.6 is 0 Å². The van der Waals surface area contributed by atoms with Gasteiger partial charge in [-0.1, -0.05) is 12.1 Å². The Hall–Kier alpha value is -2.63. The van der Waals surface area contributed by atoms with Crippen molar-refractivity contribution in [2.75, 3.05) is 6.61 Å². The predicted octanol–water partition coefficient (Wildman–Crippen LogP) is 2.07. The van der Waals surface area contributed by atoms with Crippen LogP contribution in [-0.4, -0.2) is 42.2 Å². The van der Waals surface area contributed by atoms with E-state index in [1.54, 1.807) is 0 Å². The second-order valence-electron chi connectivity index (χ2n) is 5.52. The Labute approximate surface area is 149 Å². The van der Waals surface area contributed by atoms with E-state index < -0.39 is 42.5 Å². The Kier molecular flexibility index (Phi) is 5.78. The molecule has 150 valence electrons. The first-order valence-corrected chi connectivity index (χ1v) is 7.58. The number of hydrogen-bond donors (Lipinski definition) is 3. The van der Waals surface area contributed by atoms with Crippen LogP contribution in [0.25, 0.3) is 0 Å². The summed E-state index contributed by atoms with van der Waals surface area (Å²) in [7, 11) is 0. The van der Waals surface area contributed by atoms with Crippen LogP contribution in [0.2, 0.25) is 0 Å². The van der Waals surface area contributed by atoms with Crippen LogP contribution in [0.1, 0.15) is 18.5 Å². The summed E-state index contributed by atoms with van der Waals surface area (Å²) < 4.78 is 73.5. The van der Waals surface area contributed by atoms with E-state index in [9.17, 15) is 36.6 Å². The quantitative estimate of drug-likeness (QED) is 0.521. The van der Waals surface area contributed by atoms with E-state index in [-0.39, 0.29) is 17.9 Å². The molecule has 1 fully saturated rings. The van der Waals surface area contributed by atoms with Crippen molar-refractivity contribution in [2.45, 2.75) is 31.5 Å². The minimum Gasteiger partial charge on any atom is -0.466 e. The molecule has 7 nitrogen and oxygen atoms in total. The number of rotatable bonds is 5. The summed E-state index contributed by atoms with van der Waals surface area (Å²) in [4.78, 5) is 23.9. The number of nitrogens with one attached hydrogen (secondary N) is 2. The van der Waals surface area contributed by atoms with Crippen LogP contribution in [0.5, 0.6) is 5.75 Å². The number of aliphatic hydroxyl groups is 1. The van der Waals surface area contributed by atoms with E-state index in [1.165, 1.54) is 12.2 Å². The van der Waals surface area contributed by atoms with Gasteiger partial charge in [0.15, 0.2) is 0 Å². The molecule has 1 aromatic carbocycles. The summed E-state index contributed by atoms with van der Waals surface area (Å²) in [6.07, 6.45) is -5.40. The molecule has 1 aromatic rings. The molecule has 1 saturated heterocycles. The highest BCUT2D eigenvalue weighted by atomic mass is 19.4. The molecule has 1 aliphatic heterocycles. The van der Waals surface area contributed by atoms with E-state index in [0.29, 0.717) is 0 Å². The Balaban J connectivity index is 2.47. The van der Waals surface area contributed by atoms with Crippen LogP contribution in [0.4, 0.5) is 26.7 Å². The average Bonchev–Trinajstić information content (AvgIpc) is 2.53. The Morgan fingerprint density at radius 3 is 2.37 bits per heavy atom. The SMILES string of the molecule is CCOC(=O)[C@@H]1[C@@H](c2ccc(OC(F)F)cc2)NC(=O)N[C@@]1(O)C(F)(F)F. The number of hydrogen-bond acceptors (Lipinski definition) is 5. The Morgan fingerprint density at radius 1 is 1.30 bits per heavy atom. The van der Waals surface area contributed by atoms with Gasteiger partial charge in [0.05, 0.1) is 12.6 Å². The summed E-state index contributed by atoms with van der Waals surface area (Å²) in [6.45, 7) is -2.03. The van der Waals surface area contributed by atoms with E-state index >= 15 is 0 Å². The van der Waals surface area contributed by atoms with Gasteiger partial charge in [-0.05, 0) is 24.6 Å². The fourth-order valence-corrected chi connectivity index (χ4v) is 2.67. The molecule has 3 atom stereocenters. The van der Waals surface area contributed by atoms with Crippen LogP contribution in [0.15, 0.2) is 24.3 Å². The van der Waals surface area contributed by atoms with Gasteiger partial charge < -0.3 is 25.2 Å². The molecule has 2 rings (SSSR count). The molecule has 0 bridgehead atoms. The van der Waals surface area contributed by atoms with Crippen molar-refractivity contribution < 1.29 is 46.1 Å². The molecule has 1 heterocycles. The average molecular weight is 398 g/mol. The van der Waals surface area contributed by atoms with Gasteiger partial charge in [-0.3, -0.25) is 4.79 Å². The second kappa shape index (κ2) is 7.55. The second-order valence-corrected chi connectivity index (χ2v) is 5.52. The first-order valence-electron chi connectivity index (χ1n) is 7.58. The molecule has 0 radical (unpaired) electrons. The summed E-state index contributed by atoms with van der Waals surface area (Å²) in [6, 6.07) is 1.17. The summed E-state index contributed by atoms with van der Waals surface area (Å²) in [5, 5.41) is 13.5. The van der Waals surface area contributed by atoms with Gasteiger partial charge in [0.25, 0.3) is 5.72 Å². The highest BCUT2D eigenvalue weighted by Crippen LogP contribution is 2.43. The largest absolute Gasteiger partial charge is 0.466 e. The first-order chi connectivity index (χ1) is 12.5. The van der Waals surface area contributed by atoms with Crippen molar-refractivity contribution in [1.29, 1.82) is 0 Å². The third kappa shape index (κ3) is 4.21. The first kappa shape index (κ1) is 20.7. The molecule has 12 heteroatoms. The normalized spacial score (nSPS) is 25.6. The van der Waals surface area contributed by atoms with Crippen molar-refractivity contribution in [2.24, 2.45) is 5.92 Å². The lowest BCUT2D eigenvalue weighted by Gasteiger charge is -2.44. The van der Waals surface area contributed by atoms with Gasteiger partial charge in [-0.15, -0.1) is 0 Å². The zero-order chi connectivity index (χ0) is 20.4. The number of ether oxygens (including phenoxy) is 2. The number of esters is 1. The number of carbonyl (C=O) groups excluding carboxylic acids is 2. The maximum Gasteiger partial charge on any atom is 0.437 e. The van der Waals surface area contributed by atoms with Crippen molar-refractivity contribution >= 4 is 12.0 Å². The third-order valence-corrected chi connectivity index (χ3v) is 3.81. The number of benzene rings is 1. The van der Waals surface area contributed by atoms with Crippen LogP contribution in [0.3, 0.4) is 0 Å². The lowest BCUT2D eigenvalue weighted by molar-refractivity contribution is -0.294. The molecule has 2 amide bonds. The maximum absolute atomic E-state index is 13.4. The highest BCUT2D eigenvalue weighted by Gasteiger charge is 2.67. The third-order valence-electron chi connectivity index (χ3n) is 3.81. The number of halogens is 5. The summed E-state index contributed by atoms with van der Waals surface area (Å²) in [5.74, 6) is -3.99. The van der Waals surface area contributed by atoms with Gasteiger partial charge >= 0.3 is 24.8 Å². The molecule has 0 spiro atoms. The lowest BCUT2D eigenvalue weighted by atomic mass is 9.82. The molecule has 0 saturated carbocycles. The van der Waals surface area contributed by atoms with Crippen molar-refractivity contribution in [3.8, 4) is 5.75 Å². The van der Waals surface area contributed by atoms with Crippen LogP contribution in [-0.2, 0) is 9.53 Å². The smallest absolute Gasteiger partial charge is 0.437 e. The van der Waals surface area contributed by atoms with Crippen LogP contribution < -0.4 is 15.4 Å². The number of urea groups is 1. The van der Waals surface area contributed by atoms with Crippen LogP contribution in [0, 0.1) is 5.92 Å². The molecular weight excluding hydrogens is 383 g/mol. The topological polar surface area (TPSA) is 96.9 Å². The van der Waals surface area contributed by atoms with Crippen molar-refractivity contribution in [3.63, 3.8) is 0 Å². The van der Waals surface area contributed by atoms with Gasteiger partial charge in [0.2, 0.25) is 0 Å². The highest BCUT2D eigenvalue weighted by molar-refractivity contribution is 5.83. The zero-order valence-corrected chi connectivity index (χ0v) is 13.7. The molecule has 0 aromatic heterocycles. The predicted molar refractivity (Wildman–Crippen MR) is 78.6 cm³/mol. The van der Waals surface area contributed by atoms with Gasteiger partial charge in [-0.25, -0.2) is 4.79 Å². The molecule has 0 unspecified atom stereocenters. The van der Waals surface area contributed by atoms with E-state index in [4.69, 9.17) is 0 Å². The van der Waals surface area contributed by atoms with Crippen molar-refractivity contribution in [3.05, 3.63) is 29.8 Å². The summed E-state index contributed by atoms with van der Waals surface area (Å²) in [5.41, 5.74) is -3.96. The lowest BCUT2D eigenvalue weighted by Crippen LogP contribution is -2.73. The standard InChI is InChI=1S/C15H15F5N2O5/c1-2-26-11(23)9-10(7-3-5-8(6-4-7)27-12(16)17)21-13(24)22-14(9,25)15(18,19)20/h3-6,9-10,12,25H,2H2,1H3,(H2,21,22,24)/t9-,10+,14-/m0/s1. The van der Waals surface area contributed by atoms with E-state index in [0.717, 1.165) is 24.3 Å². The Morgan fingerprint density at radius 2 is 1.89 bits per heavy atom. The molecule has 3 N–H and O–H groups in total. The number of amides is 2. The minimum atomic E-state index is -5.40. The fraction of sp³-hybridized carbons (Fsp3) is 0.467. The van der Waals surface area contributed by atoms with Crippen molar-refractivity contribution in [1.82, 2.24) is 10.6 Å². The molecule has 27 heavy (non-hydrogen) atoms. The van der Waals surface area contributed by atoms with E-state index in [1.807, 2.05) is 0 Å². The monoisotopic (exact) mass is 398 g/mol. The van der Waals surface area contributed by atoms with Gasteiger partial charge in [-0.2, -0.15) is 22.0 Å². The van der Waals surface area contributed by atoms with E-state index in [2.05, 4.69) is 14.8 Å². The number of alkyl halides is 5. The maximum atomic E-state index is 13.4. The molecular formula is C15H15F5N2O5. The Bertz CT molecular complexity index is 697. The molecule has 1 aliphatic rings.